The van der Waals surface area contributed by atoms with E-state index in [4.69, 9.17) is 0 Å². The Morgan fingerprint density at radius 2 is 1.33 bits per heavy atom. The van der Waals surface area contributed by atoms with Crippen molar-refractivity contribution in [2.24, 2.45) is 0 Å². The molecule has 2 fully saturated rings. The van der Waals surface area contributed by atoms with Gasteiger partial charge in [0, 0.05) is 4.47 Å². The minimum Gasteiger partial charge on any atom is -0.0958 e. The van der Waals surface area contributed by atoms with Gasteiger partial charge in [-0.3, -0.25) is 0 Å². The Morgan fingerprint density at radius 3 is 1.86 bits per heavy atom. The Labute approximate surface area is 140 Å². The van der Waals surface area contributed by atoms with Crippen molar-refractivity contribution in [3.8, 4) is 0 Å². The van der Waals surface area contributed by atoms with Crippen LogP contribution in [-0.2, 0) is 6.16 Å². The van der Waals surface area contributed by atoms with Gasteiger partial charge in [0.05, 0.1) is 0 Å². The first-order valence-electron chi connectivity index (χ1n) is 8.84. The summed E-state index contributed by atoms with van der Waals surface area (Å²) in [5, 5.41) is 0. The summed E-state index contributed by atoms with van der Waals surface area (Å²) in [5.74, 6) is 0. The smallest absolute Gasteiger partial charge is 0.0210 e. The average molecular weight is 367 g/mol. The topological polar surface area (TPSA) is 0 Å². The normalized spacial score (nSPS) is 21.8. The van der Waals surface area contributed by atoms with Crippen molar-refractivity contribution >= 4 is 23.9 Å². The van der Waals surface area contributed by atoms with E-state index in [9.17, 15) is 0 Å². The second-order valence-electron chi connectivity index (χ2n) is 6.85. The molecule has 2 aliphatic rings. The number of benzene rings is 1. The Balaban J connectivity index is 1.75. The highest BCUT2D eigenvalue weighted by molar-refractivity contribution is 9.10. The third kappa shape index (κ3) is 4.32. The number of hydrogen-bond acceptors (Lipinski definition) is 0. The minimum atomic E-state index is 0.181. The molecule has 0 nitrogen and oxygen atoms in total. The van der Waals surface area contributed by atoms with Gasteiger partial charge in [0.1, 0.15) is 0 Å². The summed E-state index contributed by atoms with van der Waals surface area (Å²) >= 11 is 3.78. The summed E-state index contributed by atoms with van der Waals surface area (Å²) in [4.78, 5) is 0. The molecule has 2 saturated carbocycles. The van der Waals surface area contributed by atoms with Gasteiger partial charge in [-0.15, -0.1) is 0 Å². The zero-order chi connectivity index (χ0) is 14.5. The molecule has 0 aliphatic heterocycles. The molecule has 0 N–H and O–H groups in total. The lowest BCUT2D eigenvalue weighted by Gasteiger charge is -2.38. The van der Waals surface area contributed by atoms with E-state index >= 15 is 0 Å². The van der Waals surface area contributed by atoms with Crippen molar-refractivity contribution in [2.45, 2.75) is 81.7 Å². The molecule has 0 atom stereocenters. The molecule has 0 radical (unpaired) electrons. The molecule has 1 aromatic rings. The first-order valence-corrected chi connectivity index (χ1v) is 11.3. The van der Waals surface area contributed by atoms with E-state index in [2.05, 4.69) is 40.2 Å². The molecule has 0 unspecified atom stereocenters. The van der Waals surface area contributed by atoms with Crippen LogP contribution in [0.2, 0.25) is 0 Å². The van der Waals surface area contributed by atoms with Crippen LogP contribution in [0.15, 0.2) is 28.7 Å². The summed E-state index contributed by atoms with van der Waals surface area (Å²) in [6.45, 7) is 0. The van der Waals surface area contributed by atoms with Crippen LogP contribution in [0.4, 0.5) is 0 Å². The van der Waals surface area contributed by atoms with Crippen LogP contribution in [0.5, 0.6) is 0 Å². The number of hydrogen-bond donors (Lipinski definition) is 0. The van der Waals surface area contributed by atoms with Gasteiger partial charge in [-0.25, -0.2) is 0 Å². The summed E-state index contributed by atoms with van der Waals surface area (Å²) in [6, 6.07) is 8.95. The molecule has 0 heterocycles. The van der Waals surface area contributed by atoms with Gasteiger partial charge in [0.25, 0.3) is 0 Å². The lowest BCUT2D eigenvalue weighted by Crippen LogP contribution is -2.21. The SMILES string of the molecule is Brc1ccccc1CP(C1CCCCC1)C1CCCCC1. The zero-order valence-electron chi connectivity index (χ0n) is 13.1. The minimum absolute atomic E-state index is 0.181. The molecule has 116 valence electrons. The molecule has 1 aromatic carbocycles. The molecule has 0 bridgehead atoms. The zero-order valence-corrected chi connectivity index (χ0v) is 15.5. The van der Waals surface area contributed by atoms with Crippen LogP contribution >= 0.6 is 23.9 Å². The maximum absolute atomic E-state index is 3.78. The average Bonchev–Trinajstić information content (AvgIpc) is 2.56. The molecule has 2 aliphatic carbocycles. The van der Waals surface area contributed by atoms with Crippen molar-refractivity contribution in [1.82, 2.24) is 0 Å². The second kappa shape index (κ2) is 8.11. The van der Waals surface area contributed by atoms with Gasteiger partial charge >= 0.3 is 0 Å². The van der Waals surface area contributed by atoms with E-state index in [1.54, 1.807) is 5.56 Å². The van der Waals surface area contributed by atoms with E-state index in [0.717, 1.165) is 11.3 Å². The predicted molar refractivity (Wildman–Crippen MR) is 98.5 cm³/mol. The van der Waals surface area contributed by atoms with Crippen molar-refractivity contribution < 1.29 is 0 Å². The quantitative estimate of drug-likeness (QED) is 0.498. The van der Waals surface area contributed by atoms with Crippen LogP contribution in [-0.4, -0.2) is 11.3 Å². The van der Waals surface area contributed by atoms with Gasteiger partial charge in [-0.05, 0) is 54.8 Å². The lowest BCUT2D eigenvalue weighted by molar-refractivity contribution is 0.484. The molecule has 0 saturated heterocycles. The number of rotatable bonds is 4. The molecule has 0 amide bonds. The van der Waals surface area contributed by atoms with Gasteiger partial charge in [-0.1, -0.05) is 80.6 Å². The fourth-order valence-corrected chi connectivity index (χ4v) is 8.69. The van der Waals surface area contributed by atoms with Crippen LogP contribution in [0.3, 0.4) is 0 Å². The van der Waals surface area contributed by atoms with Gasteiger partial charge in [0.2, 0.25) is 0 Å². The third-order valence-corrected chi connectivity index (χ3v) is 9.79. The molecule has 0 spiro atoms. The molecule has 0 aromatic heterocycles. The molecular formula is C19H28BrP. The molecule has 3 rings (SSSR count). The molecule has 21 heavy (non-hydrogen) atoms. The maximum atomic E-state index is 3.78. The first kappa shape index (κ1) is 16.0. The second-order valence-corrected chi connectivity index (χ2v) is 10.5. The predicted octanol–water partition coefficient (Wildman–Crippen LogP) is 7.10. The van der Waals surface area contributed by atoms with Crippen LogP contribution < -0.4 is 0 Å². The monoisotopic (exact) mass is 366 g/mol. The number of halogens is 1. The lowest BCUT2D eigenvalue weighted by atomic mass is 9.99. The van der Waals surface area contributed by atoms with Crippen molar-refractivity contribution in [3.63, 3.8) is 0 Å². The third-order valence-electron chi connectivity index (χ3n) is 5.40. The van der Waals surface area contributed by atoms with E-state index in [1.807, 2.05) is 0 Å². The summed E-state index contributed by atoms with van der Waals surface area (Å²) in [6.07, 6.45) is 16.4. The van der Waals surface area contributed by atoms with E-state index in [0.29, 0.717) is 0 Å². The highest BCUT2D eigenvalue weighted by Gasteiger charge is 2.31. The van der Waals surface area contributed by atoms with Crippen LogP contribution in [0.1, 0.15) is 69.8 Å². The van der Waals surface area contributed by atoms with Crippen molar-refractivity contribution in [3.05, 3.63) is 34.3 Å². The van der Waals surface area contributed by atoms with Crippen LogP contribution in [0, 0.1) is 0 Å². The summed E-state index contributed by atoms with van der Waals surface area (Å²) < 4.78 is 1.34. The fraction of sp³-hybridized carbons (Fsp3) is 0.684. The van der Waals surface area contributed by atoms with E-state index in [1.165, 1.54) is 74.8 Å². The maximum Gasteiger partial charge on any atom is 0.0210 e. The Kier molecular flexibility index (Phi) is 6.18. The van der Waals surface area contributed by atoms with Gasteiger partial charge in [-0.2, -0.15) is 0 Å². The summed E-state index contributed by atoms with van der Waals surface area (Å²) in [5.41, 5.74) is 3.69. The van der Waals surface area contributed by atoms with Gasteiger partial charge < -0.3 is 0 Å². The van der Waals surface area contributed by atoms with E-state index < -0.39 is 0 Å². The highest BCUT2D eigenvalue weighted by Crippen LogP contribution is 2.58. The molecule has 2 heteroatoms. The standard InChI is InChI=1S/C19H28BrP/c20-19-14-8-7-9-16(19)15-21(17-10-3-1-4-11-17)18-12-5-2-6-13-18/h7-9,14,17-18H,1-6,10-13,15H2. The largest absolute Gasteiger partial charge is 0.0958 e. The van der Waals surface area contributed by atoms with Crippen molar-refractivity contribution in [2.75, 3.05) is 0 Å². The van der Waals surface area contributed by atoms with E-state index in [-0.39, 0.29) is 7.92 Å². The fourth-order valence-electron chi connectivity index (χ4n) is 4.21. The first-order chi connectivity index (χ1) is 10.3. The highest BCUT2D eigenvalue weighted by atomic mass is 79.9. The molecular weight excluding hydrogens is 339 g/mol. The Bertz CT molecular complexity index is 415. The van der Waals surface area contributed by atoms with Crippen molar-refractivity contribution in [1.29, 1.82) is 0 Å². The Hall–Kier alpha value is 0.130. The summed E-state index contributed by atoms with van der Waals surface area (Å²) in [7, 11) is 0.181. The Morgan fingerprint density at radius 1 is 0.810 bits per heavy atom. The van der Waals surface area contributed by atoms with Gasteiger partial charge in [0.15, 0.2) is 0 Å². The van der Waals surface area contributed by atoms with Crippen LogP contribution in [0.25, 0.3) is 0 Å².